The Balaban J connectivity index is 2.42. The van der Waals surface area contributed by atoms with E-state index in [-0.39, 0.29) is 6.04 Å². The standard InChI is InChI=1S/C14H17ClIN3/c1-3-7-17-14(13-6-8-18-19(13)2)11-9-10(15)4-5-12(11)16/h4-6,8-9,14,17H,3,7H2,1-2H3. The molecule has 19 heavy (non-hydrogen) atoms. The van der Waals surface area contributed by atoms with E-state index in [2.05, 4.69) is 46.0 Å². The molecule has 0 aliphatic rings. The number of hydrogen-bond donors (Lipinski definition) is 1. The van der Waals surface area contributed by atoms with Gasteiger partial charge in [0.05, 0.1) is 11.7 Å². The first-order chi connectivity index (χ1) is 9.13. The van der Waals surface area contributed by atoms with Gasteiger partial charge < -0.3 is 5.32 Å². The molecule has 1 N–H and O–H groups in total. The lowest BCUT2D eigenvalue weighted by Gasteiger charge is -2.21. The van der Waals surface area contributed by atoms with Crippen LogP contribution >= 0.6 is 34.2 Å². The van der Waals surface area contributed by atoms with Crippen LogP contribution in [0.2, 0.25) is 5.02 Å². The average Bonchev–Trinajstić information content (AvgIpc) is 2.80. The zero-order valence-corrected chi connectivity index (χ0v) is 13.9. The summed E-state index contributed by atoms with van der Waals surface area (Å²) in [6.45, 7) is 3.12. The van der Waals surface area contributed by atoms with Crippen LogP contribution in [0.15, 0.2) is 30.5 Å². The third-order valence-corrected chi connectivity index (χ3v) is 4.24. The van der Waals surface area contributed by atoms with Crippen LogP contribution in [-0.2, 0) is 7.05 Å². The monoisotopic (exact) mass is 389 g/mol. The molecule has 1 heterocycles. The van der Waals surface area contributed by atoms with E-state index in [0.717, 1.165) is 23.7 Å². The fourth-order valence-electron chi connectivity index (χ4n) is 2.07. The zero-order valence-electron chi connectivity index (χ0n) is 11.0. The molecule has 0 aliphatic heterocycles. The fraction of sp³-hybridized carbons (Fsp3) is 0.357. The van der Waals surface area contributed by atoms with E-state index in [1.165, 1.54) is 9.13 Å². The van der Waals surface area contributed by atoms with Gasteiger partial charge in [0.15, 0.2) is 0 Å². The van der Waals surface area contributed by atoms with Crippen LogP contribution in [0, 0.1) is 3.57 Å². The van der Waals surface area contributed by atoms with Crippen LogP contribution in [0.3, 0.4) is 0 Å². The van der Waals surface area contributed by atoms with Crippen molar-refractivity contribution in [2.75, 3.05) is 6.54 Å². The smallest absolute Gasteiger partial charge is 0.0758 e. The predicted molar refractivity (Wildman–Crippen MR) is 87.5 cm³/mol. The van der Waals surface area contributed by atoms with Crippen molar-refractivity contribution in [1.82, 2.24) is 15.1 Å². The van der Waals surface area contributed by atoms with E-state index in [1.54, 1.807) is 0 Å². The Morgan fingerprint density at radius 3 is 2.84 bits per heavy atom. The normalized spacial score (nSPS) is 12.6. The topological polar surface area (TPSA) is 29.9 Å². The summed E-state index contributed by atoms with van der Waals surface area (Å²) in [5, 5.41) is 8.60. The lowest BCUT2D eigenvalue weighted by molar-refractivity contribution is 0.552. The molecule has 2 aromatic rings. The van der Waals surface area contributed by atoms with E-state index in [4.69, 9.17) is 11.6 Å². The van der Waals surface area contributed by atoms with Crippen molar-refractivity contribution in [3.8, 4) is 0 Å². The first-order valence-electron chi connectivity index (χ1n) is 6.29. The van der Waals surface area contributed by atoms with Crippen LogP contribution in [-0.4, -0.2) is 16.3 Å². The largest absolute Gasteiger partial charge is 0.305 e. The van der Waals surface area contributed by atoms with Gasteiger partial charge in [0.25, 0.3) is 0 Å². The maximum Gasteiger partial charge on any atom is 0.0758 e. The van der Waals surface area contributed by atoms with Gasteiger partial charge in [0, 0.05) is 21.8 Å². The van der Waals surface area contributed by atoms with Crippen molar-refractivity contribution < 1.29 is 0 Å². The summed E-state index contributed by atoms with van der Waals surface area (Å²) in [5.41, 5.74) is 2.35. The molecule has 0 amide bonds. The van der Waals surface area contributed by atoms with E-state index in [1.807, 2.05) is 36.1 Å². The zero-order chi connectivity index (χ0) is 13.8. The molecule has 1 unspecified atom stereocenters. The van der Waals surface area contributed by atoms with E-state index >= 15 is 0 Å². The molecule has 0 spiro atoms. The van der Waals surface area contributed by atoms with Gasteiger partial charge in [-0.15, -0.1) is 0 Å². The van der Waals surface area contributed by atoms with Crippen LogP contribution in [0.4, 0.5) is 0 Å². The number of nitrogens with one attached hydrogen (secondary N) is 1. The van der Waals surface area contributed by atoms with Crippen LogP contribution in [0.1, 0.15) is 30.6 Å². The maximum atomic E-state index is 6.14. The number of nitrogens with zero attached hydrogens (tertiary/aromatic N) is 2. The molecule has 1 aromatic carbocycles. The van der Waals surface area contributed by atoms with Gasteiger partial charge in [-0.25, -0.2) is 0 Å². The number of aryl methyl sites for hydroxylation is 1. The molecule has 0 saturated heterocycles. The summed E-state index contributed by atoms with van der Waals surface area (Å²) in [6.07, 6.45) is 2.92. The Bertz CT molecular complexity index is 553. The number of halogens is 2. The summed E-state index contributed by atoms with van der Waals surface area (Å²) in [6, 6.07) is 8.17. The predicted octanol–water partition coefficient (Wildman–Crippen LogP) is 3.77. The van der Waals surface area contributed by atoms with Crippen molar-refractivity contribution in [1.29, 1.82) is 0 Å². The van der Waals surface area contributed by atoms with Crippen molar-refractivity contribution in [3.05, 3.63) is 50.3 Å². The summed E-state index contributed by atoms with van der Waals surface area (Å²) >= 11 is 8.49. The van der Waals surface area contributed by atoms with Gasteiger partial charge in [-0.2, -0.15) is 5.10 Å². The lowest BCUT2D eigenvalue weighted by Crippen LogP contribution is -2.26. The first kappa shape index (κ1) is 14.8. The lowest BCUT2D eigenvalue weighted by atomic mass is 10.0. The molecule has 1 aromatic heterocycles. The molecule has 5 heteroatoms. The molecular formula is C14H17ClIN3. The van der Waals surface area contributed by atoms with Crippen LogP contribution in [0.5, 0.6) is 0 Å². The van der Waals surface area contributed by atoms with Gasteiger partial charge in [-0.3, -0.25) is 4.68 Å². The molecule has 0 radical (unpaired) electrons. The third-order valence-electron chi connectivity index (χ3n) is 3.02. The van der Waals surface area contributed by atoms with Crippen LogP contribution in [0.25, 0.3) is 0 Å². The first-order valence-corrected chi connectivity index (χ1v) is 7.75. The minimum atomic E-state index is 0.123. The quantitative estimate of drug-likeness (QED) is 0.789. The van der Waals surface area contributed by atoms with Gasteiger partial charge in [0.2, 0.25) is 0 Å². The van der Waals surface area contributed by atoms with E-state index in [9.17, 15) is 0 Å². The Morgan fingerprint density at radius 2 is 2.21 bits per heavy atom. The minimum Gasteiger partial charge on any atom is -0.305 e. The Labute approximate surface area is 132 Å². The molecule has 0 saturated carbocycles. The number of hydrogen-bond acceptors (Lipinski definition) is 2. The Morgan fingerprint density at radius 1 is 1.42 bits per heavy atom. The van der Waals surface area contributed by atoms with Gasteiger partial charge in [-0.1, -0.05) is 18.5 Å². The maximum absolute atomic E-state index is 6.14. The molecule has 0 fully saturated rings. The highest BCUT2D eigenvalue weighted by molar-refractivity contribution is 14.1. The highest BCUT2D eigenvalue weighted by atomic mass is 127. The Kier molecular flexibility index (Phi) is 5.24. The summed E-state index contributed by atoms with van der Waals surface area (Å²) < 4.78 is 3.11. The van der Waals surface area contributed by atoms with Crippen molar-refractivity contribution in [3.63, 3.8) is 0 Å². The number of aromatic nitrogens is 2. The van der Waals surface area contributed by atoms with Gasteiger partial charge >= 0.3 is 0 Å². The van der Waals surface area contributed by atoms with Crippen LogP contribution < -0.4 is 5.32 Å². The van der Waals surface area contributed by atoms with Gasteiger partial charge in [-0.05, 0) is 65.4 Å². The highest BCUT2D eigenvalue weighted by Crippen LogP contribution is 2.28. The summed E-state index contributed by atoms with van der Waals surface area (Å²) in [4.78, 5) is 0. The molecular weight excluding hydrogens is 373 g/mol. The number of benzene rings is 1. The van der Waals surface area contributed by atoms with E-state index < -0.39 is 0 Å². The summed E-state index contributed by atoms with van der Waals surface area (Å²) in [5.74, 6) is 0. The summed E-state index contributed by atoms with van der Waals surface area (Å²) in [7, 11) is 1.97. The third kappa shape index (κ3) is 3.49. The van der Waals surface area contributed by atoms with Crippen molar-refractivity contribution in [2.45, 2.75) is 19.4 Å². The Hall–Kier alpha value is -0.590. The second-order valence-corrected chi connectivity index (χ2v) is 6.03. The highest BCUT2D eigenvalue weighted by Gasteiger charge is 2.19. The average molecular weight is 390 g/mol. The molecule has 2 rings (SSSR count). The molecule has 3 nitrogen and oxygen atoms in total. The minimum absolute atomic E-state index is 0.123. The molecule has 0 bridgehead atoms. The molecule has 102 valence electrons. The number of rotatable bonds is 5. The second-order valence-electron chi connectivity index (χ2n) is 4.43. The van der Waals surface area contributed by atoms with Crippen molar-refractivity contribution >= 4 is 34.2 Å². The molecule has 0 aliphatic carbocycles. The second kappa shape index (κ2) is 6.72. The SMILES string of the molecule is CCCNC(c1cc(Cl)ccc1I)c1ccnn1C. The fourth-order valence-corrected chi connectivity index (χ4v) is 2.89. The van der Waals surface area contributed by atoms with Gasteiger partial charge in [0.1, 0.15) is 0 Å². The van der Waals surface area contributed by atoms with Crippen molar-refractivity contribution in [2.24, 2.45) is 7.05 Å². The molecule has 1 atom stereocenters. The van der Waals surface area contributed by atoms with E-state index in [0.29, 0.717) is 0 Å².